The topological polar surface area (TPSA) is 54.1 Å². The van der Waals surface area contributed by atoms with E-state index in [0.29, 0.717) is 11.1 Å². The van der Waals surface area contributed by atoms with E-state index in [1.54, 1.807) is 0 Å². The van der Waals surface area contributed by atoms with Crippen molar-refractivity contribution in [2.75, 3.05) is 9.80 Å². The van der Waals surface area contributed by atoms with Gasteiger partial charge in [-0.3, -0.25) is 0 Å². The molecule has 426 valence electrons. The summed E-state index contributed by atoms with van der Waals surface area (Å²) >= 11 is 0. The summed E-state index contributed by atoms with van der Waals surface area (Å²) in [6, 6.07) is 104. The van der Waals surface area contributed by atoms with E-state index in [2.05, 4.69) is 304 Å². The van der Waals surface area contributed by atoms with Crippen molar-refractivity contribution < 1.29 is 0 Å². The summed E-state index contributed by atoms with van der Waals surface area (Å²) < 4.78 is 0. The maximum atomic E-state index is 9.63. The van der Waals surface area contributed by atoms with Crippen LogP contribution >= 0.6 is 0 Å². The van der Waals surface area contributed by atoms with Gasteiger partial charge in [-0.2, -0.15) is 10.5 Å². The molecule has 4 nitrogen and oxygen atoms in total. The van der Waals surface area contributed by atoms with E-state index in [1.807, 2.05) is 48.5 Å². The first-order valence-electron chi connectivity index (χ1n) is 30.8. The molecule has 15 rings (SSSR count). The largest absolute Gasteiger partial charge is 0.310 e. The van der Waals surface area contributed by atoms with Gasteiger partial charge in [-0.05, 0) is 185 Å². The molecule has 0 heterocycles. The Morgan fingerprint density at radius 2 is 0.589 bits per heavy atom. The highest BCUT2D eigenvalue weighted by Gasteiger charge is 2.38. The molecule has 0 bridgehead atoms. The van der Waals surface area contributed by atoms with Crippen molar-refractivity contribution in [2.24, 2.45) is 0 Å². The van der Waals surface area contributed by atoms with Gasteiger partial charge in [0.15, 0.2) is 0 Å². The third kappa shape index (κ3) is 9.82. The number of hydrogen-bond acceptors (Lipinski definition) is 4. The van der Waals surface area contributed by atoms with Crippen LogP contribution in [0.1, 0.15) is 83.3 Å². The summed E-state index contributed by atoms with van der Waals surface area (Å²) in [6.45, 7) is 9.36. The van der Waals surface area contributed by atoms with Crippen LogP contribution in [0.2, 0.25) is 0 Å². The van der Waals surface area contributed by atoms with E-state index in [4.69, 9.17) is 0 Å². The monoisotopic (exact) mass is 1150 g/mol. The Kier molecular flexibility index (Phi) is 13.6. The van der Waals surface area contributed by atoms with Crippen molar-refractivity contribution >= 4 is 80.0 Å². The van der Waals surface area contributed by atoms with Crippen LogP contribution < -0.4 is 9.80 Å². The summed E-state index contributed by atoms with van der Waals surface area (Å²) in [7, 11) is 0. The van der Waals surface area contributed by atoms with Crippen LogP contribution in [0.25, 0.3) is 90.4 Å². The van der Waals surface area contributed by atoms with Gasteiger partial charge in [0.1, 0.15) is 0 Å². The minimum atomic E-state index is -0.232. The highest BCUT2D eigenvalue weighted by atomic mass is 15.1. The van der Waals surface area contributed by atoms with Gasteiger partial charge in [0.25, 0.3) is 0 Å². The lowest BCUT2D eigenvalue weighted by Crippen LogP contribution is -2.17. The van der Waals surface area contributed by atoms with Crippen molar-refractivity contribution in [2.45, 2.75) is 38.5 Å². The van der Waals surface area contributed by atoms with Gasteiger partial charge in [0, 0.05) is 44.4 Å². The van der Waals surface area contributed by atoms with Crippen molar-refractivity contribution in [1.82, 2.24) is 0 Å². The van der Waals surface area contributed by atoms with Crippen LogP contribution in [0.15, 0.2) is 279 Å². The lowest BCUT2D eigenvalue weighted by Gasteiger charge is -2.29. The summed E-state index contributed by atoms with van der Waals surface area (Å²) in [5.41, 5.74) is 26.8. The SMILES string of the molecule is CC1(C)c2cc(/C=C/c3ccc(-c4ccc(-c5ccc(/C=C/c6ccc7c(c6)C(C)(C)c6cc(N(c8ccc(C#N)cc8)c8cccc9ccccc89)ccc6-7)cc5)cc4)cc3)ccc2-c2ccc(N(c3ccc(C#N)cc3)c3cccc4ccccc34)cc21. The number of rotatable bonds is 12. The third-order valence-electron chi connectivity index (χ3n) is 18.7. The molecule has 0 amide bonds. The van der Waals surface area contributed by atoms with Crippen LogP contribution in [0.4, 0.5) is 34.1 Å². The van der Waals surface area contributed by atoms with E-state index in [1.165, 1.54) is 99.4 Å². The molecule has 0 saturated carbocycles. The zero-order valence-corrected chi connectivity index (χ0v) is 50.7. The summed E-state index contributed by atoms with van der Waals surface area (Å²) in [4.78, 5) is 4.65. The number of hydrogen-bond donors (Lipinski definition) is 0. The quantitative estimate of drug-likeness (QED) is 0.114. The molecule has 2 aliphatic rings. The number of anilines is 6. The predicted molar refractivity (Wildman–Crippen MR) is 377 cm³/mol. The van der Waals surface area contributed by atoms with E-state index in [9.17, 15) is 10.5 Å². The Hall–Kier alpha value is -11.6. The van der Waals surface area contributed by atoms with Crippen LogP contribution in [-0.2, 0) is 10.8 Å². The molecule has 0 atom stereocenters. The van der Waals surface area contributed by atoms with Crippen molar-refractivity contribution in [3.63, 3.8) is 0 Å². The maximum absolute atomic E-state index is 9.63. The molecular weight excluding hydrogens is 1090 g/mol. The highest BCUT2D eigenvalue weighted by Crippen LogP contribution is 2.53. The average Bonchev–Trinajstić information content (AvgIpc) is 1.62. The predicted octanol–water partition coefficient (Wildman–Crippen LogP) is 23.0. The minimum Gasteiger partial charge on any atom is -0.310 e. The minimum absolute atomic E-state index is 0.232. The molecule has 0 spiro atoms. The Balaban J connectivity index is 0.609. The fraction of sp³-hybridized carbons (Fsp3) is 0.0698. The number of nitriles is 2. The smallest absolute Gasteiger partial charge is 0.0991 e. The standard InChI is InChI=1S/C86H62N4/c1-85(2)79-51-59(31-47-75(79)77-49-45-71(53-81(77)85)89(69-41-27-61(55-87)28-42-69)83-17-9-13-67-11-5-7-15-73(67)83)21-19-57-23-33-63(34-24-57)65-37-39-66(40-38-65)64-35-25-58(26-36-64)20-22-60-32-48-76-78-50-46-72(54-82(78)86(3,4)80(76)52-60)90(70-43-29-62(56-88)30-44-70)84-18-10-14-68-12-6-8-16-74(68)84/h5-54H,1-4H3/b21-19+,22-20+. The van der Waals surface area contributed by atoms with Crippen molar-refractivity contribution in [1.29, 1.82) is 10.5 Å². The average molecular weight is 1150 g/mol. The van der Waals surface area contributed by atoms with Gasteiger partial charge in [-0.25, -0.2) is 0 Å². The molecule has 4 heteroatoms. The zero-order chi connectivity index (χ0) is 61.1. The second kappa shape index (κ2) is 22.3. The maximum Gasteiger partial charge on any atom is 0.0991 e. The molecule has 0 radical (unpaired) electrons. The van der Waals surface area contributed by atoms with E-state index < -0.39 is 0 Å². The van der Waals surface area contributed by atoms with Crippen LogP contribution in [0, 0.1) is 22.7 Å². The van der Waals surface area contributed by atoms with Crippen LogP contribution in [0.5, 0.6) is 0 Å². The number of nitrogens with zero attached hydrogens (tertiary/aromatic N) is 4. The molecule has 13 aromatic carbocycles. The zero-order valence-electron chi connectivity index (χ0n) is 50.7. The fourth-order valence-electron chi connectivity index (χ4n) is 13.8. The molecule has 2 aliphatic carbocycles. The van der Waals surface area contributed by atoms with Gasteiger partial charge in [0.2, 0.25) is 0 Å². The van der Waals surface area contributed by atoms with E-state index in [-0.39, 0.29) is 10.8 Å². The van der Waals surface area contributed by atoms with E-state index in [0.717, 1.165) is 45.3 Å². The van der Waals surface area contributed by atoms with Gasteiger partial charge >= 0.3 is 0 Å². The Bertz CT molecular complexity index is 4770. The number of benzene rings is 13. The van der Waals surface area contributed by atoms with Crippen LogP contribution in [0.3, 0.4) is 0 Å². The fourth-order valence-corrected chi connectivity index (χ4v) is 13.8. The van der Waals surface area contributed by atoms with Crippen molar-refractivity contribution in [3.8, 4) is 56.6 Å². The van der Waals surface area contributed by atoms with Gasteiger partial charge in [-0.15, -0.1) is 0 Å². The molecule has 0 N–H and O–H groups in total. The third-order valence-corrected chi connectivity index (χ3v) is 18.7. The van der Waals surface area contributed by atoms with Crippen molar-refractivity contribution in [3.05, 3.63) is 335 Å². The Morgan fingerprint density at radius 1 is 0.289 bits per heavy atom. The second-order valence-corrected chi connectivity index (χ2v) is 24.8. The lowest BCUT2D eigenvalue weighted by molar-refractivity contribution is 0.660. The van der Waals surface area contributed by atoms with Crippen LogP contribution in [-0.4, -0.2) is 0 Å². The van der Waals surface area contributed by atoms with Gasteiger partial charge in [-0.1, -0.05) is 246 Å². The molecule has 0 saturated heterocycles. The molecule has 0 aliphatic heterocycles. The molecule has 13 aromatic rings. The molecule has 0 aromatic heterocycles. The normalized spacial score (nSPS) is 13.2. The highest BCUT2D eigenvalue weighted by molar-refractivity contribution is 6.01. The van der Waals surface area contributed by atoms with Gasteiger partial charge < -0.3 is 9.80 Å². The first-order chi connectivity index (χ1) is 44.0. The Labute approximate surface area is 527 Å². The molecule has 0 unspecified atom stereocenters. The first-order valence-corrected chi connectivity index (χ1v) is 30.8. The first kappa shape index (κ1) is 55.0. The van der Waals surface area contributed by atoms with E-state index >= 15 is 0 Å². The second-order valence-electron chi connectivity index (χ2n) is 24.8. The summed E-state index contributed by atoms with van der Waals surface area (Å²) in [5.74, 6) is 0. The Morgan fingerprint density at radius 3 is 0.967 bits per heavy atom. The summed E-state index contributed by atoms with van der Waals surface area (Å²) in [5, 5.41) is 23.9. The van der Waals surface area contributed by atoms with Gasteiger partial charge in [0.05, 0.1) is 34.6 Å². The molecular formula is C86H62N4. The molecule has 90 heavy (non-hydrogen) atoms. The molecule has 0 fully saturated rings. The summed E-state index contributed by atoms with van der Waals surface area (Å²) in [6.07, 6.45) is 8.88. The number of fused-ring (bicyclic) bond motifs is 8. The lowest BCUT2D eigenvalue weighted by atomic mass is 9.81.